The fraction of sp³-hybridized carbons (Fsp3) is 0.500. The molecule has 2 heterocycles. The lowest BCUT2D eigenvalue weighted by atomic mass is 9.74. The first kappa shape index (κ1) is 34.4. The number of halogens is 3. The lowest BCUT2D eigenvalue weighted by Crippen LogP contribution is -2.56. The van der Waals surface area contributed by atoms with Gasteiger partial charge in [-0.2, -0.15) is 13.2 Å². The number of rotatable bonds is 12. The number of amides is 2. The predicted molar refractivity (Wildman–Crippen MR) is 167 cm³/mol. The van der Waals surface area contributed by atoms with E-state index >= 15 is 0 Å². The van der Waals surface area contributed by atoms with Crippen LogP contribution in [-0.2, 0) is 37.4 Å². The largest absolute Gasteiger partial charge is 0.490 e. The summed E-state index contributed by atoms with van der Waals surface area (Å²) in [6.07, 6.45) is -1.44. The van der Waals surface area contributed by atoms with Gasteiger partial charge in [0.2, 0.25) is 11.8 Å². The summed E-state index contributed by atoms with van der Waals surface area (Å²) >= 11 is 0. The van der Waals surface area contributed by atoms with E-state index in [9.17, 15) is 37.8 Å². The van der Waals surface area contributed by atoms with Crippen molar-refractivity contribution < 1.29 is 42.5 Å². The van der Waals surface area contributed by atoms with Crippen molar-refractivity contribution in [2.24, 2.45) is 0 Å². The molecule has 0 saturated carbocycles. The van der Waals surface area contributed by atoms with E-state index in [2.05, 4.69) is 32.5 Å². The molecule has 5 N–H and O–H groups in total. The van der Waals surface area contributed by atoms with Crippen molar-refractivity contribution in [1.82, 2.24) is 20.5 Å². The monoisotopic (exact) mass is 658 g/mol. The highest BCUT2D eigenvalue weighted by Gasteiger charge is 2.44. The molecule has 2 aromatic carbocycles. The van der Waals surface area contributed by atoms with Crippen LogP contribution in [0.5, 0.6) is 0 Å². The van der Waals surface area contributed by atoms with Crippen LogP contribution < -0.4 is 10.6 Å². The molecule has 3 aromatic rings. The maximum Gasteiger partial charge on any atom is 0.490 e. The topological polar surface area (TPSA) is 144 Å². The average molecular weight is 659 g/mol. The average Bonchev–Trinajstić information content (AvgIpc) is 3.63. The summed E-state index contributed by atoms with van der Waals surface area (Å²) in [7, 11) is 0. The van der Waals surface area contributed by atoms with Gasteiger partial charge < -0.3 is 35.5 Å². The van der Waals surface area contributed by atoms with Gasteiger partial charge in [-0.05, 0) is 60.8 Å². The van der Waals surface area contributed by atoms with Crippen LogP contribution in [0.1, 0.15) is 49.3 Å². The number of aryl methyl sites for hydroxylation is 1. The molecular formula is C34H41F3N4O6. The highest BCUT2D eigenvalue weighted by molar-refractivity contribution is 5.90. The predicted octanol–water partition coefficient (Wildman–Crippen LogP) is 2.90. The number of nitrogens with zero attached hydrogens (tertiary/aromatic N) is 1. The Hall–Kier alpha value is -3.94. The molecule has 0 unspecified atom stereocenters. The zero-order valence-electron chi connectivity index (χ0n) is 26.2. The Morgan fingerprint density at radius 1 is 1.06 bits per heavy atom. The summed E-state index contributed by atoms with van der Waals surface area (Å²) in [6, 6.07) is 15.0. The van der Waals surface area contributed by atoms with Crippen molar-refractivity contribution in [3.63, 3.8) is 0 Å². The minimum Gasteiger partial charge on any atom is -0.457 e. The number of aromatic nitrogens is 1. The van der Waals surface area contributed by atoms with E-state index in [-0.39, 0.29) is 24.3 Å². The van der Waals surface area contributed by atoms with Gasteiger partial charge in [-0.15, -0.1) is 0 Å². The van der Waals surface area contributed by atoms with Crippen molar-refractivity contribution in [3.8, 4) is 0 Å². The van der Waals surface area contributed by atoms with Crippen molar-refractivity contribution in [1.29, 1.82) is 0 Å². The van der Waals surface area contributed by atoms with Crippen LogP contribution >= 0.6 is 0 Å². The molecule has 1 saturated heterocycles. The van der Waals surface area contributed by atoms with E-state index < -0.39 is 55.4 Å². The molecule has 3 atom stereocenters. The Balaban J connectivity index is 1.33. The van der Waals surface area contributed by atoms with E-state index in [1.807, 2.05) is 36.4 Å². The van der Waals surface area contributed by atoms with Gasteiger partial charge in [-0.1, -0.05) is 42.5 Å². The number of carbonyl (C=O) groups excluding carboxylic acids is 3. The molecule has 1 fully saturated rings. The summed E-state index contributed by atoms with van der Waals surface area (Å²) in [6.45, 7) is 0.605. The van der Waals surface area contributed by atoms with Gasteiger partial charge in [0, 0.05) is 49.6 Å². The number of β-amino-alcohol motifs (C(OH)–C–C–N with tert-alkyl or cyclic N) is 1. The number of alkyl halides is 3. The number of likely N-dealkylation sites (tertiary alicyclic amines) is 1. The molecule has 0 bridgehead atoms. The number of aliphatic hydroxyl groups excluding tert-OH is 2. The molecule has 10 nitrogen and oxygen atoms in total. The maximum atomic E-state index is 14.1. The normalized spacial score (nSPS) is 18.4. The summed E-state index contributed by atoms with van der Waals surface area (Å²) in [5.41, 5.74) is 2.82. The Morgan fingerprint density at radius 2 is 1.77 bits per heavy atom. The Labute approximate surface area is 270 Å². The van der Waals surface area contributed by atoms with Gasteiger partial charge in [0.1, 0.15) is 12.6 Å². The molecule has 47 heavy (non-hydrogen) atoms. The quantitative estimate of drug-likeness (QED) is 0.188. The first-order valence-electron chi connectivity index (χ1n) is 15.8. The lowest BCUT2D eigenvalue weighted by Gasteiger charge is -2.41. The second-order valence-electron chi connectivity index (χ2n) is 13.0. The Kier molecular flexibility index (Phi) is 10.3. The number of hydrogen-bond donors (Lipinski definition) is 5. The molecule has 13 heteroatoms. The minimum absolute atomic E-state index is 0.0173. The first-order chi connectivity index (χ1) is 22.3. The summed E-state index contributed by atoms with van der Waals surface area (Å²) in [4.78, 5) is 44.1. The van der Waals surface area contributed by atoms with Crippen molar-refractivity contribution in [2.75, 3.05) is 32.8 Å². The molecule has 1 spiro atoms. The number of para-hydroxylation sites is 1. The molecule has 5 rings (SSSR count). The second kappa shape index (κ2) is 14.0. The maximum absolute atomic E-state index is 14.1. The molecule has 2 aliphatic rings. The molecule has 2 amide bonds. The third-order valence-corrected chi connectivity index (χ3v) is 9.51. The molecule has 1 aromatic heterocycles. The van der Waals surface area contributed by atoms with Crippen LogP contribution in [0, 0.1) is 0 Å². The van der Waals surface area contributed by atoms with Crippen molar-refractivity contribution in [2.45, 2.75) is 74.7 Å². The number of esters is 1. The zero-order valence-corrected chi connectivity index (χ0v) is 26.2. The summed E-state index contributed by atoms with van der Waals surface area (Å²) < 4.78 is 43.0. The number of nitrogens with one attached hydrogen (secondary N) is 3. The number of aromatic amines is 1. The van der Waals surface area contributed by atoms with E-state index in [1.165, 1.54) is 18.1 Å². The summed E-state index contributed by atoms with van der Waals surface area (Å²) in [5.74, 6) is -3.36. The highest BCUT2D eigenvalue weighted by Crippen LogP contribution is 2.46. The highest BCUT2D eigenvalue weighted by atomic mass is 19.4. The van der Waals surface area contributed by atoms with Crippen LogP contribution in [0.2, 0.25) is 0 Å². The third-order valence-electron chi connectivity index (χ3n) is 9.51. The lowest BCUT2D eigenvalue weighted by molar-refractivity contribution is -0.201. The molecular weight excluding hydrogens is 617 g/mol. The number of ether oxygens (including phenoxy) is 1. The number of benzene rings is 2. The number of aliphatic hydroxyl groups is 2. The van der Waals surface area contributed by atoms with Gasteiger partial charge in [0.25, 0.3) is 0 Å². The minimum atomic E-state index is -5.24. The van der Waals surface area contributed by atoms with Crippen LogP contribution in [0.3, 0.4) is 0 Å². The number of H-pyrrole nitrogens is 1. The summed E-state index contributed by atoms with van der Waals surface area (Å²) in [5, 5.41) is 25.5. The first-order valence-corrected chi connectivity index (χ1v) is 15.8. The fourth-order valence-corrected chi connectivity index (χ4v) is 6.88. The molecule has 0 radical (unpaired) electrons. The second-order valence-corrected chi connectivity index (χ2v) is 13.0. The molecule has 1 aliphatic heterocycles. The van der Waals surface area contributed by atoms with Crippen molar-refractivity contribution in [3.05, 3.63) is 71.4 Å². The number of carbonyl (C=O) groups is 3. The number of piperidine rings is 1. The van der Waals surface area contributed by atoms with Gasteiger partial charge in [0.15, 0.2) is 0 Å². The molecule has 254 valence electrons. The van der Waals surface area contributed by atoms with Gasteiger partial charge in [-0.3, -0.25) is 9.59 Å². The standard InChI is InChI=1S/C34H41F3N4O6/c1-32(39-19-24(43)20-42,21-47-31(46)34(35,36)37)17-29(44)40-28(16-23-18-38-27-9-5-3-7-25(23)27)30(45)41-14-12-33(13-15-41)11-10-22-6-2-4-8-26(22)33/h2-9,18,24,28,38-39,42-43H,10-17,19-21H2,1H3,(H,40,44)/t24-,28-,32-/m1/s1. The van der Waals surface area contributed by atoms with Gasteiger partial charge >= 0.3 is 12.1 Å². The Morgan fingerprint density at radius 3 is 2.49 bits per heavy atom. The number of hydrogen-bond acceptors (Lipinski definition) is 7. The fourth-order valence-electron chi connectivity index (χ4n) is 6.88. The van der Waals surface area contributed by atoms with Crippen molar-refractivity contribution >= 4 is 28.7 Å². The smallest absolute Gasteiger partial charge is 0.457 e. The van der Waals surface area contributed by atoms with Crippen LogP contribution in [-0.4, -0.2) is 94.6 Å². The van der Waals surface area contributed by atoms with Crippen LogP contribution in [0.25, 0.3) is 10.9 Å². The van der Waals surface area contributed by atoms with E-state index in [4.69, 9.17) is 0 Å². The van der Waals surface area contributed by atoms with E-state index in [0.29, 0.717) is 13.1 Å². The van der Waals surface area contributed by atoms with Crippen LogP contribution in [0.15, 0.2) is 54.7 Å². The SMILES string of the molecule is C[C@](COC(=O)C(F)(F)F)(CC(=O)N[C@H](Cc1c[nH]c2ccccc12)C(=O)N1CCC2(CCc3ccccc32)CC1)NC[C@@H](O)CO. The van der Waals surface area contributed by atoms with Gasteiger partial charge in [-0.25, -0.2) is 4.79 Å². The van der Waals surface area contributed by atoms with Crippen LogP contribution in [0.4, 0.5) is 13.2 Å². The van der Waals surface area contributed by atoms with Gasteiger partial charge in [0.05, 0.1) is 18.2 Å². The Bertz CT molecular complexity index is 1590. The molecule has 1 aliphatic carbocycles. The van der Waals surface area contributed by atoms with E-state index in [0.717, 1.165) is 42.1 Å². The van der Waals surface area contributed by atoms with E-state index in [1.54, 1.807) is 11.1 Å². The zero-order chi connectivity index (χ0) is 33.8. The third kappa shape index (κ3) is 7.96. The number of fused-ring (bicyclic) bond motifs is 3.